The summed E-state index contributed by atoms with van der Waals surface area (Å²) in [5.41, 5.74) is 3.80. The Kier molecular flexibility index (Phi) is 6.21. The van der Waals surface area contributed by atoms with Crippen LogP contribution in [0.4, 0.5) is 5.13 Å². The molecule has 0 aliphatic carbocycles. The maximum atomic E-state index is 13.6. The number of anilines is 1. The Bertz CT molecular complexity index is 1220. The fourth-order valence-electron chi connectivity index (χ4n) is 4.01. The lowest BCUT2D eigenvalue weighted by atomic mass is 10.0. The van der Waals surface area contributed by atoms with E-state index in [1.165, 1.54) is 22.5 Å². The van der Waals surface area contributed by atoms with Crippen molar-refractivity contribution in [1.29, 1.82) is 0 Å². The van der Waals surface area contributed by atoms with E-state index in [1.807, 2.05) is 60.7 Å². The van der Waals surface area contributed by atoms with Gasteiger partial charge in [0.15, 0.2) is 5.13 Å². The molecule has 5 rings (SSSR count). The first kappa shape index (κ1) is 21.1. The number of hydrogen-bond donors (Lipinski definition) is 0. The fraction of sp³-hybridized carbons (Fsp3) is 0.231. The van der Waals surface area contributed by atoms with Gasteiger partial charge in [-0.15, -0.1) is 0 Å². The fourth-order valence-corrected chi connectivity index (χ4v) is 5.28. The summed E-state index contributed by atoms with van der Waals surface area (Å²) in [6.45, 7) is 1.23. The number of para-hydroxylation sites is 1. The number of amides is 1. The molecule has 1 aromatic heterocycles. The highest BCUT2D eigenvalue weighted by molar-refractivity contribution is 7.22. The van der Waals surface area contributed by atoms with Crippen molar-refractivity contribution in [2.75, 3.05) is 18.1 Å². The molecule has 1 atom stereocenters. The van der Waals surface area contributed by atoms with Crippen LogP contribution in [0.3, 0.4) is 0 Å². The zero-order valence-corrected chi connectivity index (χ0v) is 19.1. The summed E-state index contributed by atoms with van der Waals surface area (Å²) < 4.78 is 6.80. The topological polar surface area (TPSA) is 42.4 Å². The van der Waals surface area contributed by atoms with Crippen LogP contribution in [0.1, 0.15) is 34.3 Å². The number of aromatic nitrogens is 1. The van der Waals surface area contributed by atoms with Crippen LogP contribution in [0.5, 0.6) is 0 Å². The summed E-state index contributed by atoms with van der Waals surface area (Å²) in [6.07, 6.45) is 2.84. The number of hydrogen-bond acceptors (Lipinski definition) is 4. The van der Waals surface area contributed by atoms with Gasteiger partial charge < -0.3 is 4.74 Å². The Balaban J connectivity index is 1.42. The van der Waals surface area contributed by atoms with Gasteiger partial charge in [-0.2, -0.15) is 0 Å². The molecule has 1 amide bonds. The smallest absolute Gasteiger partial charge is 0.260 e. The lowest BCUT2D eigenvalue weighted by Crippen LogP contribution is -2.37. The summed E-state index contributed by atoms with van der Waals surface area (Å²) in [5, 5.41) is 1.25. The maximum Gasteiger partial charge on any atom is 0.260 e. The molecule has 6 heteroatoms. The number of thiazole rings is 1. The molecule has 1 aliphatic rings. The van der Waals surface area contributed by atoms with Gasteiger partial charge in [-0.25, -0.2) is 4.98 Å². The number of carbonyl (C=O) groups excluding carboxylic acids is 1. The van der Waals surface area contributed by atoms with Crippen molar-refractivity contribution in [2.45, 2.75) is 25.4 Å². The lowest BCUT2D eigenvalue weighted by Gasteiger charge is -2.23. The van der Waals surface area contributed by atoms with Crippen LogP contribution >= 0.6 is 22.9 Å². The van der Waals surface area contributed by atoms with Gasteiger partial charge in [0.25, 0.3) is 5.91 Å². The molecule has 2 heterocycles. The molecule has 4 aromatic rings. The Morgan fingerprint density at radius 2 is 1.81 bits per heavy atom. The quantitative estimate of drug-likeness (QED) is 0.334. The Labute approximate surface area is 196 Å². The van der Waals surface area contributed by atoms with Crippen LogP contribution in [0.2, 0.25) is 5.02 Å². The molecule has 1 unspecified atom stereocenters. The molecule has 0 bridgehead atoms. The first-order valence-corrected chi connectivity index (χ1v) is 12.0. The van der Waals surface area contributed by atoms with E-state index in [-0.39, 0.29) is 12.0 Å². The molecule has 1 fully saturated rings. The highest BCUT2D eigenvalue weighted by Gasteiger charge is 2.27. The van der Waals surface area contributed by atoms with Crippen molar-refractivity contribution in [3.05, 3.63) is 94.5 Å². The van der Waals surface area contributed by atoms with Crippen molar-refractivity contribution in [3.8, 4) is 0 Å². The molecule has 4 nitrogen and oxygen atoms in total. The number of halogens is 1. The van der Waals surface area contributed by atoms with Gasteiger partial charge >= 0.3 is 0 Å². The number of fused-ring (bicyclic) bond motifs is 1. The molecule has 0 radical (unpaired) electrons. The van der Waals surface area contributed by atoms with Gasteiger partial charge in [0.05, 0.1) is 22.4 Å². The van der Waals surface area contributed by atoms with Crippen molar-refractivity contribution in [3.63, 3.8) is 0 Å². The zero-order valence-electron chi connectivity index (χ0n) is 17.5. The summed E-state index contributed by atoms with van der Waals surface area (Å²) in [7, 11) is 0. The first-order valence-electron chi connectivity index (χ1n) is 10.8. The molecule has 0 saturated carbocycles. The highest BCUT2D eigenvalue weighted by atomic mass is 35.5. The third-order valence-electron chi connectivity index (χ3n) is 5.70. The maximum absolute atomic E-state index is 13.6. The molecule has 0 spiro atoms. The second-order valence-corrected chi connectivity index (χ2v) is 9.41. The third kappa shape index (κ3) is 4.56. The predicted molar refractivity (Wildman–Crippen MR) is 131 cm³/mol. The van der Waals surface area contributed by atoms with Gasteiger partial charge in [-0.1, -0.05) is 71.5 Å². The molecule has 3 aromatic carbocycles. The number of nitrogens with zero attached hydrogens (tertiary/aromatic N) is 2. The van der Waals surface area contributed by atoms with Crippen LogP contribution in [0.15, 0.2) is 72.8 Å². The van der Waals surface area contributed by atoms with E-state index in [0.717, 1.165) is 36.1 Å². The minimum atomic E-state index is -0.0676. The normalized spacial score (nSPS) is 15.8. The number of benzene rings is 3. The van der Waals surface area contributed by atoms with E-state index in [4.69, 9.17) is 21.3 Å². The second kappa shape index (κ2) is 9.41. The number of ether oxygens (including phenoxy) is 1. The standard InChI is InChI=1S/C26H23ClN2O2S/c27-22-9-4-10-23-24(22)28-26(32-23)29(17-21-8-5-15-31-21)25(30)20-13-11-19(12-14-20)16-18-6-2-1-3-7-18/h1-4,6-7,9-14,21H,5,8,15-17H2. The van der Waals surface area contributed by atoms with Crippen molar-refractivity contribution < 1.29 is 9.53 Å². The van der Waals surface area contributed by atoms with E-state index in [9.17, 15) is 4.79 Å². The van der Waals surface area contributed by atoms with E-state index >= 15 is 0 Å². The highest BCUT2D eigenvalue weighted by Crippen LogP contribution is 2.34. The zero-order chi connectivity index (χ0) is 21.9. The molecule has 1 aliphatic heterocycles. The number of rotatable bonds is 6. The van der Waals surface area contributed by atoms with Crippen LogP contribution in [0.25, 0.3) is 10.2 Å². The Morgan fingerprint density at radius 3 is 2.53 bits per heavy atom. The van der Waals surface area contributed by atoms with Crippen molar-refractivity contribution in [1.82, 2.24) is 4.98 Å². The summed E-state index contributed by atoms with van der Waals surface area (Å²) in [4.78, 5) is 20.0. The first-order chi connectivity index (χ1) is 15.7. The largest absolute Gasteiger partial charge is 0.376 e. The molecule has 162 valence electrons. The molecule has 0 N–H and O–H groups in total. The van der Waals surface area contributed by atoms with Gasteiger partial charge in [0.1, 0.15) is 5.52 Å². The monoisotopic (exact) mass is 462 g/mol. The second-order valence-electron chi connectivity index (χ2n) is 7.99. The van der Waals surface area contributed by atoms with Crippen LogP contribution in [-0.2, 0) is 11.2 Å². The van der Waals surface area contributed by atoms with E-state index < -0.39 is 0 Å². The van der Waals surface area contributed by atoms with Crippen LogP contribution in [0, 0.1) is 0 Å². The minimum absolute atomic E-state index is 0.0267. The third-order valence-corrected chi connectivity index (χ3v) is 7.05. The van der Waals surface area contributed by atoms with Crippen molar-refractivity contribution in [2.24, 2.45) is 0 Å². The van der Waals surface area contributed by atoms with E-state index in [0.29, 0.717) is 22.3 Å². The van der Waals surface area contributed by atoms with E-state index in [2.05, 4.69) is 12.1 Å². The Hall–Kier alpha value is -2.73. The Morgan fingerprint density at radius 1 is 1.03 bits per heavy atom. The lowest BCUT2D eigenvalue weighted by molar-refractivity contribution is 0.0917. The summed E-state index contributed by atoms with van der Waals surface area (Å²) in [5.74, 6) is -0.0676. The van der Waals surface area contributed by atoms with Gasteiger partial charge in [0, 0.05) is 12.2 Å². The summed E-state index contributed by atoms with van der Waals surface area (Å²) in [6, 6.07) is 23.9. The van der Waals surface area contributed by atoms with Gasteiger partial charge in [-0.05, 0) is 54.7 Å². The summed E-state index contributed by atoms with van der Waals surface area (Å²) >= 11 is 7.83. The van der Waals surface area contributed by atoms with Gasteiger partial charge in [-0.3, -0.25) is 9.69 Å². The van der Waals surface area contributed by atoms with Crippen molar-refractivity contribution >= 4 is 44.2 Å². The van der Waals surface area contributed by atoms with E-state index in [1.54, 1.807) is 4.90 Å². The molecular weight excluding hydrogens is 440 g/mol. The average molecular weight is 463 g/mol. The average Bonchev–Trinajstić information content (AvgIpc) is 3.49. The predicted octanol–water partition coefficient (Wildman–Crippen LogP) is 6.37. The van der Waals surface area contributed by atoms with Crippen LogP contribution < -0.4 is 4.90 Å². The molecule has 1 saturated heterocycles. The van der Waals surface area contributed by atoms with Crippen LogP contribution in [-0.4, -0.2) is 30.1 Å². The SMILES string of the molecule is O=C(c1ccc(Cc2ccccc2)cc1)N(CC1CCCO1)c1nc2c(Cl)cccc2s1. The number of carbonyl (C=O) groups is 1. The molecule has 32 heavy (non-hydrogen) atoms. The minimum Gasteiger partial charge on any atom is -0.376 e. The molecular formula is C26H23ClN2O2S. The van der Waals surface area contributed by atoms with Gasteiger partial charge in [0.2, 0.25) is 0 Å².